The van der Waals surface area contributed by atoms with Crippen molar-refractivity contribution in [1.82, 2.24) is 0 Å². The van der Waals surface area contributed by atoms with E-state index in [2.05, 4.69) is 19.9 Å². The van der Waals surface area contributed by atoms with E-state index in [0.29, 0.717) is 23.9 Å². The van der Waals surface area contributed by atoms with Crippen molar-refractivity contribution in [3.05, 3.63) is 60.8 Å². The lowest BCUT2D eigenvalue weighted by Crippen LogP contribution is -2.37. The molecule has 47 heavy (non-hydrogen) atoms. The number of allylic oxidation sites excluding steroid dienone is 10. The number of carbonyl (C=O) groups is 2. The molecule has 2 atom stereocenters. The van der Waals surface area contributed by atoms with Crippen LogP contribution in [-0.4, -0.2) is 74.9 Å². The van der Waals surface area contributed by atoms with Gasteiger partial charge in [0.2, 0.25) is 0 Å². The molecule has 1 N–H and O–H groups in total. The molecule has 0 saturated carbocycles. The second kappa shape index (κ2) is 29.8. The number of quaternary nitrogens is 1. The Morgan fingerprint density at radius 3 is 1.79 bits per heavy atom. The maximum absolute atomic E-state index is 12.5. The Labute approximate surface area is 286 Å². The first-order valence-corrected chi connectivity index (χ1v) is 19.1. The molecule has 0 spiro atoms. The molecular formula is C37H65NO8P+. The topological polar surface area (TPSA) is 108 Å². The van der Waals surface area contributed by atoms with E-state index in [9.17, 15) is 19.0 Å². The predicted octanol–water partition coefficient (Wildman–Crippen LogP) is 8.95. The fourth-order valence-electron chi connectivity index (χ4n) is 4.16. The first-order valence-electron chi connectivity index (χ1n) is 17.6. The number of unbranched alkanes of at least 4 members (excludes halogenated alkanes) is 10. The second-order valence-corrected chi connectivity index (χ2v) is 14.1. The van der Waals surface area contributed by atoms with Gasteiger partial charge in [0.1, 0.15) is 19.8 Å². The van der Waals surface area contributed by atoms with Crippen LogP contribution in [0, 0.1) is 0 Å². The first-order chi connectivity index (χ1) is 22.5. The minimum Gasteiger partial charge on any atom is -0.462 e. The lowest BCUT2D eigenvalue weighted by Gasteiger charge is -2.24. The van der Waals surface area contributed by atoms with Gasteiger partial charge in [0.15, 0.2) is 6.10 Å². The fourth-order valence-corrected chi connectivity index (χ4v) is 4.90. The molecule has 9 nitrogen and oxygen atoms in total. The van der Waals surface area contributed by atoms with Gasteiger partial charge in [0.25, 0.3) is 0 Å². The highest BCUT2D eigenvalue weighted by molar-refractivity contribution is 7.47. The lowest BCUT2D eigenvalue weighted by atomic mass is 10.1. The number of phosphoric ester groups is 1. The molecule has 0 aromatic carbocycles. The molecule has 0 saturated heterocycles. The molecular weight excluding hydrogens is 617 g/mol. The highest BCUT2D eigenvalue weighted by Gasteiger charge is 2.27. The number of esters is 2. The number of phosphoric acid groups is 1. The first kappa shape index (κ1) is 44.7. The second-order valence-electron chi connectivity index (χ2n) is 12.6. The van der Waals surface area contributed by atoms with Gasteiger partial charge in [0, 0.05) is 12.8 Å². The molecule has 0 radical (unpaired) electrons. The highest BCUT2D eigenvalue weighted by atomic mass is 31.2. The molecule has 0 rings (SSSR count). The van der Waals surface area contributed by atoms with E-state index in [4.69, 9.17) is 18.5 Å². The van der Waals surface area contributed by atoms with E-state index >= 15 is 0 Å². The Bertz CT molecular complexity index is 997. The minimum atomic E-state index is -4.38. The normalized spacial score (nSPS) is 14.6. The number of rotatable bonds is 30. The fraction of sp³-hybridized carbons (Fsp3) is 0.676. The predicted molar refractivity (Wildman–Crippen MR) is 192 cm³/mol. The molecule has 0 heterocycles. The Morgan fingerprint density at radius 1 is 0.681 bits per heavy atom. The molecule has 10 heteroatoms. The Kier molecular flexibility index (Phi) is 28.4. The third kappa shape index (κ3) is 33.4. The highest BCUT2D eigenvalue weighted by Crippen LogP contribution is 2.43. The zero-order valence-corrected chi connectivity index (χ0v) is 30.9. The molecule has 0 aliphatic rings. The quantitative estimate of drug-likeness (QED) is 0.0263. The Hall–Kier alpha value is -2.29. The minimum absolute atomic E-state index is 0.0161. The monoisotopic (exact) mass is 682 g/mol. The van der Waals surface area contributed by atoms with Gasteiger partial charge in [-0.3, -0.25) is 18.6 Å². The van der Waals surface area contributed by atoms with Crippen molar-refractivity contribution < 1.29 is 42.1 Å². The Balaban J connectivity index is 4.65. The van der Waals surface area contributed by atoms with E-state index in [-0.39, 0.29) is 26.1 Å². The van der Waals surface area contributed by atoms with Gasteiger partial charge in [-0.05, 0) is 25.7 Å². The Morgan fingerprint density at radius 2 is 1.21 bits per heavy atom. The van der Waals surface area contributed by atoms with E-state index in [1.807, 2.05) is 75.8 Å². The number of ether oxygens (including phenoxy) is 2. The SMILES string of the molecule is CC/C=C/C=C/C=C/C=C/C=C/CCCC(=O)OC(COC(=O)CCCCCCCCCCCC)COP(=O)(O)OCC[N+](C)(C)C. The molecule has 2 unspecified atom stereocenters. The zero-order chi connectivity index (χ0) is 35.1. The van der Waals surface area contributed by atoms with Gasteiger partial charge in [0.05, 0.1) is 27.7 Å². The van der Waals surface area contributed by atoms with Crippen molar-refractivity contribution in [3.8, 4) is 0 Å². The lowest BCUT2D eigenvalue weighted by molar-refractivity contribution is -0.870. The number of likely N-dealkylation sites (N-methyl/N-ethyl adjacent to an activating group) is 1. The van der Waals surface area contributed by atoms with E-state index in [0.717, 1.165) is 25.7 Å². The van der Waals surface area contributed by atoms with Gasteiger partial charge >= 0.3 is 19.8 Å². The maximum atomic E-state index is 12.5. The van der Waals surface area contributed by atoms with Crippen LogP contribution in [0.2, 0.25) is 0 Å². The van der Waals surface area contributed by atoms with Crippen LogP contribution in [0.25, 0.3) is 0 Å². The third-order valence-electron chi connectivity index (χ3n) is 6.94. The summed E-state index contributed by atoms with van der Waals surface area (Å²) in [6.45, 7) is 4.13. The van der Waals surface area contributed by atoms with Crippen molar-refractivity contribution >= 4 is 19.8 Å². The van der Waals surface area contributed by atoms with Crippen LogP contribution in [0.1, 0.15) is 110 Å². The van der Waals surface area contributed by atoms with Crippen molar-refractivity contribution in [2.24, 2.45) is 0 Å². The van der Waals surface area contributed by atoms with Crippen LogP contribution in [0.4, 0.5) is 0 Å². The molecule has 0 aliphatic heterocycles. The number of nitrogens with zero attached hydrogens (tertiary/aromatic N) is 1. The van der Waals surface area contributed by atoms with Crippen LogP contribution in [0.5, 0.6) is 0 Å². The average Bonchev–Trinajstić information content (AvgIpc) is 3.01. The standard InChI is InChI=1S/C37H64NO8P/c1-6-8-10-12-14-16-18-19-20-22-24-26-28-30-37(40)46-35(34-45-47(41,42)44-32-31-38(3,4)5)33-43-36(39)29-27-25-23-21-17-15-13-11-9-7-2/h8,10,12,14,16,18-20,22,24,35H,6-7,9,11,13,15,17,21,23,25-34H2,1-5H3/p+1/b10-8+,14-12+,18-16+,20-19+,24-22+. The summed E-state index contributed by atoms with van der Waals surface area (Å²) in [6, 6.07) is 0. The van der Waals surface area contributed by atoms with Crippen molar-refractivity contribution in [2.75, 3.05) is 47.5 Å². The number of carbonyl (C=O) groups excluding carboxylic acids is 2. The van der Waals surface area contributed by atoms with Crippen LogP contribution in [0.15, 0.2) is 60.8 Å². The average molecular weight is 683 g/mol. The summed E-state index contributed by atoms with van der Waals surface area (Å²) < 4.78 is 33.9. The van der Waals surface area contributed by atoms with Crippen LogP contribution >= 0.6 is 7.82 Å². The number of hydrogen-bond donors (Lipinski definition) is 1. The zero-order valence-electron chi connectivity index (χ0n) is 30.0. The maximum Gasteiger partial charge on any atom is 0.472 e. The van der Waals surface area contributed by atoms with Gasteiger partial charge < -0.3 is 18.9 Å². The van der Waals surface area contributed by atoms with Crippen molar-refractivity contribution in [1.29, 1.82) is 0 Å². The van der Waals surface area contributed by atoms with Gasteiger partial charge in [-0.15, -0.1) is 0 Å². The third-order valence-corrected chi connectivity index (χ3v) is 7.92. The smallest absolute Gasteiger partial charge is 0.462 e. The number of hydrogen-bond acceptors (Lipinski definition) is 7. The van der Waals surface area contributed by atoms with E-state index in [1.165, 1.54) is 44.9 Å². The molecule has 270 valence electrons. The summed E-state index contributed by atoms with van der Waals surface area (Å²) in [5.41, 5.74) is 0. The summed E-state index contributed by atoms with van der Waals surface area (Å²) in [6.07, 6.45) is 32.9. The summed E-state index contributed by atoms with van der Waals surface area (Å²) in [7, 11) is 1.42. The molecule has 0 fully saturated rings. The molecule has 0 bridgehead atoms. The molecule has 0 aromatic rings. The van der Waals surface area contributed by atoms with Gasteiger partial charge in [-0.25, -0.2) is 4.57 Å². The van der Waals surface area contributed by atoms with Gasteiger partial charge in [-0.1, -0.05) is 132 Å². The molecule has 0 amide bonds. The largest absolute Gasteiger partial charge is 0.472 e. The summed E-state index contributed by atoms with van der Waals surface area (Å²) >= 11 is 0. The van der Waals surface area contributed by atoms with Crippen molar-refractivity contribution in [2.45, 2.75) is 116 Å². The molecule has 0 aromatic heterocycles. The van der Waals surface area contributed by atoms with E-state index < -0.39 is 32.5 Å². The van der Waals surface area contributed by atoms with Crippen molar-refractivity contribution in [3.63, 3.8) is 0 Å². The summed E-state index contributed by atoms with van der Waals surface area (Å²) in [5, 5.41) is 0. The van der Waals surface area contributed by atoms with Crippen LogP contribution < -0.4 is 0 Å². The van der Waals surface area contributed by atoms with Crippen LogP contribution in [-0.2, 0) is 32.7 Å². The van der Waals surface area contributed by atoms with Crippen LogP contribution in [0.3, 0.4) is 0 Å². The van der Waals surface area contributed by atoms with Gasteiger partial charge in [-0.2, -0.15) is 0 Å². The summed E-state index contributed by atoms with van der Waals surface area (Å²) in [4.78, 5) is 35.0. The molecule has 0 aliphatic carbocycles. The van der Waals surface area contributed by atoms with E-state index in [1.54, 1.807) is 0 Å². The summed E-state index contributed by atoms with van der Waals surface area (Å²) in [5.74, 6) is -0.895.